The van der Waals surface area contributed by atoms with Crippen LogP contribution in [0.2, 0.25) is 0 Å². The summed E-state index contributed by atoms with van der Waals surface area (Å²) in [5.41, 5.74) is -0.264. The van der Waals surface area contributed by atoms with Crippen LogP contribution in [0.4, 0.5) is 17.3 Å². The quantitative estimate of drug-likeness (QED) is 0.482. The van der Waals surface area contributed by atoms with Gasteiger partial charge < -0.3 is 16.0 Å². The predicted octanol–water partition coefficient (Wildman–Crippen LogP) is 0.365. The van der Waals surface area contributed by atoms with Gasteiger partial charge in [0.25, 0.3) is 0 Å². The summed E-state index contributed by atoms with van der Waals surface area (Å²) in [5, 5.41) is 18.9. The third kappa shape index (κ3) is 4.05. The molecule has 9 nitrogen and oxygen atoms in total. The molecule has 9 heteroatoms. The van der Waals surface area contributed by atoms with Crippen LogP contribution in [0.25, 0.3) is 0 Å². The van der Waals surface area contributed by atoms with Gasteiger partial charge in [0.1, 0.15) is 6.33 Å². The first kappa shape index (κ1) is 14.6. The number of nitrogens with one attached hydrogen (secondary N) is 3. The molecule has 0 aliphatic heterocycles. The van der Waals surface area contributed by atoms with Gasteiger partial charge in [-0.1, -0.05) is 6.92 Å². The van der Waals surface area contributed by atoms with E-state index in [1.54, 1.807) is 0 Å². The van der Waals surface area contributed by atoms with Crippen molar-refractivity contribution in [2.45, 2.75) is 13.3 Å². The van der Waals surface area contributed by atoms with Crippen LogP contribution >= 0.6 is 0 Å². The van der Waals surface area contributed by atoms with E-state index < -0.39 is 4.92 Å². The number of carbonyl (C=O) groups excluding carboxylic acids is 1. The van der Waals surface area contributed by atoms with E-state index in [4.69, 9.17) is 0 Å². The molecular formula is C10H16N6O3. The van der Waals surface area contributed by atoms with E-state index in [9.17, 15) is 14.9 Å². The lowest BCUT2D eigenvalue weighted by Crippen LogP contribution is -2.26. The zero-order valence-corrected chi connectivity index (χ0v) is 10.8. The number of hydrogen-bond acceptors (Lipinski definition) is 7. The van der Waals surface area contributed by atoms with Gasteiger partial charge in [-0.2, -0.15) is 0 Å². The number of amides is 1. The molecule has 0 aliphatic carbocycles. The molecular weight excluding hydrogens is 252 g/mol. The molecule has 1 rings (SSSR count). The molecule has 0 unspecified atom stereocenters. The van der Waals surface area contributed by atoms with E-state index in [2.05, 4.69) is 25.9 Å². The normalized spacial score (nSPS) is 9.79. The summed E-state index contributed by atoms with van der Waals surface area (Å²) in [4.78, 5) is 29.2. The van der Waals surface area contributed by atoms with Crippen LogP contribution in [0, 0.1) is 10.1 Å². The summed E-state index contributed by atoms with van der Waals surface area (Å²) in [7, 11) is 1.48. The van der Waals surface area contributed by atoms with Gasteiger partial charge in [-0.3, -0.25) is 14.9 Å². The zero-order chi connectivity index (χ0) is 14.3. The Morgan fingerprint density at radius 1 is 1.37 bits per heavy atom. The van der Waals surface area contributed by atoms with Crippen LogP contribution < -0.4 is 16.0 Å². The fraction of sp³-hybridized carbons (Fsp3) is 0.500. The fourth-order valence-electron chi connectivity index (χ4n) is 1.31. The van der Waals surface area contributed by atoms with Crippen LogP contribution in [-0.4, -0.2) is 40.9 Å². The van der Waals surface area contributed by atoms with E-state index in [1.807, 2.05) is 6.92 Å². The maximum atomic E-state index is 11.1. The molecule has 19 heavy (non-hydrogen) atoms. The summed E-state index contributed by atoms with van der Waals surface area (Å²) in [6, 6.07) is 0. The number of nitrogens with zero attached hydrogens (tertiary/aromatic N) is 3. The Balaban J connectivity index is 2.95. The largest absolute Gasteiger partial charge is 0.364 e. The molecule has 3 N–H and O–H groups in total. The monoisotopic (exact) mass is 268 g/mol. The first-order valence-corrected chi connectivity index (χ1v) is 5.77. The maximum Gasteiger partial charge on any atom is 0.353 e. The molecule has 0 aliphatic rings. The summed E-state index contributed by atoms with van der Waals surface area (Å²) >= 11 is 0. The number of hydrogen-bond donors (Lipinski definition) is 3. The predicted molar refractivity (Wildman–Crippen MR) is 70.0 cm³/mol. The molecule has 1 aromatic rings. The van der Waals surface area contributed by atoms with E-state index in [1.165, 1.54) is 13.4 Å². The Bertz CT molecular complexity index is 465. The summed E-state index contributed by atoms with van der Waals surface area (Å²) in [6.45, 7) is 2.40. The molecule has 0 saturated carbocycles. The Labute approximate surface area is 110 Å². The highest BCUT2D eigenvalue weighted by molar-refractivity contribution is 5.81. The highest BCUT2D eigenvalue weighted by Crippen LogP contribution is 2.28. The average molecular weight is 268 g/mol. The van der Waals surface area contributed by atoms with E-state index >= 15 is 0 Å². The lowest BCUT2D eigenvalue weighted by Gasteiger charge is -2.08. The molecule has 1 amide bonds. The highest BCUT2D eigenvalue weighted by Gasteiger charge is 2.22. The van der Waals surface area contributed by atoms with Crippen molar-refractivity contribution in [2.75, 3.05) is 30.8 Å². The van der Waals surface area contributed by atoms with Crippen molar-refractivity contribution in [1.29, 1.82) is 0 Å². The number of carbonyl (C=O) groups is 1. The minimum Gasteiger partial charge on any atom is -0.364 e. The van der Waals surface area contributed by atoms with Crippen molar-refractivity contribution in [3.05, 3.63) is 16.4 Å². The van der Waals surface area contributed by atoms with Crippen molar-refractivity contribution < 1.29 is 9.72 Å². The van der Waals surface area contributed by atoms with Crippen molar-refractivity contribution in [2.24, 2.45) is 0 Å². The molecule has 1 aromatic heterocycles. The minimum atomic E-state index is -0.579. The molecule has 0 saturated heterocycles. The van der Waals surface area contributed by atoms with Gasteiger partial charge in [-0.25, -0.2) is 9.97 Å². The van der Waals surface area contributed by atoms with Gasteiger partial charge in [0.05, 0.1) is 11.5 Å². The number of rotatable bonds is 7. The molecule has 0 fully saturated rings. The minimum absolute atomic E-state index is 0.0159. The van der Waals surface area contributed by atoms with Crippen LogP contribution in [0.15, 0.2) is 6.33 Å². The zero-order valence-electron chi connectivity index (χ0n) is 10.8. The molecule has 104 valence electrons. The lowest BCUT2D eigenvalue weighted by molar-refractivity contribution is -0.383. The smallest absolute Gasteiger partial charge is 0.353 e. The molecule has 0 spiro atoms. The standard InChI is InChI=1S/C10H16N6O3/c1-3-4-12-9-8(16(18)19)10(15-6-14-9)13-5-7(17)11-2/h6H,3-5H2,1-2H3,(H,11,17)(H2,12,13,14,15). The van der Waals surface area contributed by atoms with Crippen LogP contribution in [0.1, 0.15) is 13.3 Å². The Morgan fingerprint density at radius 3 is 2.53 bits per heavy atom. The fourth-order valence-corrected chi connectivity index (χ4v) is 1.31. The van der Waals surface area contributed by atoms with E-state index in [0.717, 1.165) is 6.42 Å². The van der Waals surface area contributed by atoms with Crippen molar-refractivity contribution in [3.8, 4) is 0 Å². The van der Waals surface area contributed by atoms with E-state index in [-0.39, 0.29) is 29.8 Å². The molecule has 1 heterocycles. The Kier molecular flexibility index (Phi) is 5.45. The topological polar surface area (TPSA) is 122 Å². The second-order valence-corrected chi connectivity index (χ2v) is 3.63. The highest BCUT2D eigenvalue weighted by atomic mass is 16.6. The van der Waals surface area contributed by atoms with Crippen LogP contribution in [-0.2, 0) is 4.79 Å². The second-order valence-electron chi connectivity index (χ2n) is 3.63. The van der Waals surface area contributed by atoms with Crippen LogP contribution in [0.3, 0.4) is 0 Å². The second kappa shape index (κ2) is 7.09. The van der Waals surface area contributed by atoms with Crippen molar-refractivity contribution >= 4 is 23.2 Å². The molecule has 0 bridgehead atoms. The third-order valence-electron chi connectivity index (χ3n) is 2.24. The molecule has 0 aromatic carbocycles. The van der Waals surface area contributed by atoms with Gasteiger partial charge in [0.15, 0.2) is 0 Å². The van der Waals surface area contributed by atoms with Gasteiger partial charge in [0, 0.05) is 13.6 Å². The van der Waals surface area contributed by atoms with E-state index in [0.29, 0.717) is 6.54 Å². The summed E-state index contributed by atoms with van der Waals surface area (Å²) < 4.78 is 0. The number of anilines is 2. The Morgan fingerprint density at radius 2 is 2.00 bits per heavy atom. The molecule has 0 radical (unpaired) electrons. The van der Waals surface area contributed by atoms with Gasteiger partial charge in [0.2, 0.25) is 17.5 Å². The number of aromatic nitrogens is 2. The maximum absolute atomic E-state index is 11.1. The summed E-state index contributed by atoms with van der Waals surface area (Å²) in [5.74, 6) is -0.139. The van der Waals surface area contributed by atoms with Gasteiger partial charge in [-0.05, 0) is 6.42 Å². The first-order chi connectivity index (χ1) is 9.10. The third-order valence-corrected chi connectivity index (χ3v) is 2.24. The van der Waals surface area contributed by atoms with Gasteiger partial charge in [-0.15, -0.1) is 0 Å². The van der Waals surface area contributed by atoms with Gasteiger partial charge >= 0.3 is 5.69 Å². The van der Waals surface area contributed by atoms with Crippen LogP contribution in [0.5, 0.6) is 0 Å². The first-order valence-electron chi connectivity index (χ1n) is 5.77. The van der Waals surface area contributed by atoms with Crippen molar-refractivity contribution in [1.82, 2.24) is 15.3 Å². The average Bonchev–Trinajstić information content (AvgIpc) is 2.41. The van der Waals surface area contributed by atoms with Crippen molar-refractivity contribution in [3.63, 3.8) is 0 Å². The lowest BCUT2D eigenvalue weighted by atomic mass is 10.4. The summed E-state index contributed by atoms with van der Waals surface area (Å²) in [6.07, 6.45) is 2.01. The SMILES string of the molecule is CCCNc1ncnc(NCC(=O)NC)c1[N+](=O)[O-]. The Hall–Kier alpha value is -2.45. The molecule has 0 atom stereocenters. The number of likely N-dealkylation sites (N-methyl/N-ethyl adjacent to an activating group) is 1. The number of nitro groups is 1.